The third-order valence-corrected chi connectivity index (χ3v) is 1.45. The Balaban J connectivity index is 2.34. The molecule has 1 fully saturated rings. The molecule has 2 atom stereocenters. The summed E-state index contributed by atoms with van der Waals surface area (Å²) >= 11 is 0. The fourth-order valence-electron chi connectivity index (χ4n) is 0.828. The first kappa shape index (κ1) is 8.14. The van der Waals surface area contributed by atoms with Gasteiger partial charge in [-0.2, -0.15) is 0 Å². The van der Waals surface area contributed by atoms with Crippen molar-refractivity contribution in [1.29, 1.82) is 0 Å². The fraction of sp³-hybridized carbons (Fsp3) is 0.500. The van der Waals surface area contributed by atoms with Crippen molar-refractivity contribution in [3.63, 3.8) is 0 Å². The number of Topliss-reactive ketones (excluding diaryl/α,β-unsaturated/α-hetero) is 1. The van der Waals surface area contributed by atoms with Crippen molar-refractivity contribution < 1.29 is 14.3 Å². The third-order valence-electron chi connectivity index (χ3n) is 1.45. The maximum atomic E-state index is 10.6. The van der Waals surface area contributed by atoms with Gasteiger partial charge < -0.3 is 4.74 Å². The lowest BCUT2D eigenvalue weighted by Gasteiger charge is -1.79. The molecule has 0 aromatic rings. The molecule has 0 amide bonds. The highest BCUT2D eigenvalue weighted by molar-refractivity contribution is 5.88. The van der Waals surface area contributed by atoms with E-state index < -0.39 is 0 Å². The summed E-state index contributed by atoms with van der Waals surface area (Å²) in [5.74, 6) is -0.00833. The molecule has 1 aliphatic rings. The fourth-order valence-corrected chi connectivity index (χ4v) is 0.828. The van der Waals surface area contributed by atoms with E-state index in [2.05, 4.69) is 0 Å². The first-order valence-corrected chi connectivity index (χ1v) is 3.46. The number of epoxide rings is 1. The van der Waals surface area contributed by atoms with Crippen LogP contribution in [0.3, 0.4) is 0 Å². The predicted octanol–water partition coefficient (Wildman–Crippen LogP) is 0.488. The van der Waals surface area contributed by atoms with Crippen molar-refractivity contribution in [3.05, 3.63) is 12.2 Å². The lowest BCUT2D eigenvalue weighted by molar-refractivity contribution is -0.118. The number of ketones is 2. The molecule has 0 spiro atoms. The number of carbonyl (C=O) groups excluding carboxylic acids is 2. The molecular formula is C8H10O3. The first-order valence-electron chi connectivity index (χ1n) is 3.46. The monoisotopic (exact) mass is 154 g/mol. The molecule has 1 aliphatic heterocycles. The van der Waals surface area contributed by atoms with Crippen LogP contribution in [0, 0.1) is 0 Å². The van der Waals surface area contributed by atoms with Crippen LogP contribution in [-0.4, -0.2) is 23.8 Å². The Morgan fingerprint density at radius 2 is 2.00 bits per heavy atom. The minimum atomic E-state index is -0.300. The van der Waals surface area contributed by atoms with Gasteiger partial charge in [0.1, 0.15) is 12.2 Å². The molecule has 0 aromatic heterocycles. The van der Waals surface area contributed by atoms with Crippen LogP contribution < -0.4 is 0 Å². The molecule has 60 valence electrons. The van der Waals surface area contributed by atoms with Gasteiger partial charge in [0.25, 0.3) is 0 Å². The molecule has 0 N–H and O–H groups in total. The van der Waals surface area contributed by atoms with E-state index in [0.717, 1.165) is 0 Å². The van der Waals surface area contributed by atoms with Gasteiger partial charge in [-0.1, -0.05) is 0 Å². The Labute approximate surface area is 65.0 Å². The Morgan fingerprint density at radius 3 is 2.36 bits per heavy atom. The van der Waals surface area contributed by atoms with Crippen molar-refractivity contribution in [2.24, 2.45) is 0 Å². The normalized spacial score (nSPS) is 28.9. The standard InChI is InChI=1S/C8H10O3/c1-5(9)3-4-7-8(11-7)6(2)10/h3-4,7-8H,1-2H3/b4-3-/t7-,8+/m1/s1. The van der Waals surface area contributed by atoms with E-state index in [-0.39, 0.29) is 23.8 Å². The molecule has 0 bridgehead atoms. The Bertz CT molecular complexity index is 217. The average molecular weight is 154 g/mol. The molecule has 3 nitrogen and oxygen atoms in total. The maximum Gasteiger partial charge on any atom is 0.161 e. The second-order valence-corrected chi connectivity index (χ2v) is 2.60. The molecule has 1 heterocycles. The van der Waals surface area contributed by atoms with E-state index in [9.17, 15) is 9.59 Å². The van der Waals surface area contributed by atoms with Gasteiger partial charge >= 0.3 is 0 Å². The summed E-state index contributed by atoms with van der Waals surface area (Å²) in [5, 5.41) is 0. The maximum absolute atomic E-state index is 10.6. The van der Waals surface area contributed by atoms with Gasteiger partial charge in [0.2, 0.25) is 0 Å². The number of hydrogen-bond acceptors (Lipinski definition) is 3. The molecule has 11 heavy (non-hydrogen) atoms. The molecule has 1 rings (SSSR count). The summed E-state index contributed by atoms with van der Waals surface area (Å²) in [6.45, 7) is 2.94. The predicted molar refractivity (Wildman–Crippen MR) is 39.2 cm³/mol. The molecule has 0 unspecified atom stereocenters. The van der Waals surface area contributed by atoms with Gasteiger partial charge in [0, 0.05) is 0 Å². The largest absolute Gasteiger partial charge is 0.357 e. The zero-order valence-corrected chi connectivity index (χ0v) is 6.53. The summed E-state index contributed by atoms with van der Waals surface area (Å²) in [6.07, 6.45) is 2.59. The van der Waals surface area contributed by atoms with Crippen LogP contribution in [0.4, 0.5) is 0 Å². The van der Waals surface area contributed by atoms with Crippen LogP contribution in [0.2, 0.25) is 0 Å². The smallest absolute Gasteiger partial charge is 0.161 e. The van der Waals surface area contributed by atoms with Gasteiger partial charge in [-0.3, -0.25) is 9.59 Å². The summed E-state index contributed by atoms with van der Waals surface area (Å²) in [4.78, 5) is 21.0. The second-order valence-electron chi connectivity index (χ2n) is 2.60. The zero-order valence-electron chi connectivity index (χ0n) is 6.53. The van der Waals surface area contributed by atoms with E-state index in [4.69, 9.17) is 4.74 Å². The van der Waals surface area contributed by atoms with Crippen LogP contribution >= 0.6 is 0 Å². The highest BCUT2D eigenvalue weighted by Gasteiger charge is 2.40. The van der Waals surface area contributed by atoms with Crippen molar-refractivity contribution in [2.75, 3.05) is 0 Å². The summed E-state index contributed by atoms with van der Waals surface area (Å²) in [5.41, 5.74) is 0. The number of hydrogen-bond donors (Lipinski definition) is 0. The Morgan fingerprint density at radius 1 is 1.36 bits per heavy atom. The number of allylic oxidation sites excluding steroid dienone is 1. The van der Waals surface area contributed by atoms with Gasteiger partial charge in [-0.25, -0.2) is 0 Å². The van der Waals surface area contributed by atoms with E-state index in [1.807, 2.05) is 0 Å². The average Bonchev–Trinajstić information content (AvgIpc) is 2.61. The van der Waals surface area contributed by atoms with E-state index in [0.29, 0.717) is 0 Å². The van der Waals surface area contributed by atoms with Crippen LogP contribution in [0.1, 0.15) is 13.8 Å². The molecular weight excluding hydrogens is 144 g/mol. The first-order chi connectivity index (χ1) is 5.11. The third kappa shape index (κ3) is 2.27. The van der Waals surface area contributed by atoms with E-state index in [1.54, 1.807) is 6.08 Å². The van der Waals surface area contributed by atoms with Gasteiger partial charge in [0.05, 0.1) is 0 Å². The van der Waals surface area contributed by atoms with Gasteiger partial charge in [0.15, 0.2) is 11.6 Å². The molecule has 0 aliphatic carbocycles. The highest BCUT2D eigenvalue weighted by Crippen LogP contribution is 2.23. The van der Waals surface area contributed by atoms with E-state index >= 15 is 0 Å². The Hall–Kier alpha value is -0.960. The van der Waals surface area contributed by atoms with Crippen LogP contribution in [0.25, 0.3) is 0 Å². The van der Waals surface area contributed by atoms with Crippen molar-refractivity contribution in [1.82, 2.24) is 0 Å². The number of ether oxygens (including phenoxy) is 1. The van der Waals surface area contributed by atoms with Crippen LogP contribution in [-0.2, 0) is 14.3 Å². The second kappa shape index (κ2) is 2.96. The minimum Gasteiger partial charge on any atom is -0.357 e. The van der Waals surface area contributed by atoms with Gasteiger partial charge in [-0.05, 0) is 26.0 Å². The lowest BCUT2D eigenvalue weighted by Crippen LogP contribution is -2.02. The molecule has 0 aromatic carbocycles. The highest BCUT2D eigenvalue weighted by atomic mass is 16.6. The summed E-state index contributed by atoms with van der Waals surface area (Å²) < 4.78 is 4.94. The topological polar surface area (TPSA) is 46.7 Å². The lowest BCUT2D eigenvalue weighted by atomic mass is 10.2. The Kier molecular flexibility index (Phi) is 2.19. The van der Waals surface area contributed by atoms with Crippen LogP contribution in [0.15, 0.2) is 12.2 Å². The van der Waals surface area contributed by atoms with Crippen molar-refractivity contribution in [2.45, 2.75) is 26.1 Å². The summed E-state index contributed by atoms with van der Waals surface area (Å²) in [6, 6.07) is 0. The minimum absolute atomic E-state index is 0.0169. The van der Waals surface area contributed by atoms with Gasteiger partial charge in [-0.15, -0.1) is 0 Å². The SMILES string of the molecule is CC(=O)/C=C\[C@H]1O[C@H]1C(C)=O. The summed E-state index contributed by atoms with van der Waals surface area (Å²) in [7, 11) is 0. The van der Waals surface area contributed by atoms with Crippen LogP contribution in [0.5, 0.6) is 0 Å². The molecule has 3 heteroatoms. The quantitative estimate of drug-likeness (QED) is 0.439. The van der Waals surface area contributed by atoms with E-state index in [1.165, 1.54) is 19.9 Å². The van der Waals surface area contributed by atoms with Crippen molar-refractivity contribution >= 4 is 11.6 Å². The number of carbonyl (C=O) groups is 2. The van der Waals surface area contributed by atoms with Crippen molar-refractivity contribution in [3.8, 4) is 0 Å². The molecule has 0 radical (unpaired) electrons. The zero-order chi connectivity index (χ0) is 8.43. The molecule has 0 saturated carbocycles. The number of rotatable bonds is 3. The molecule has 1 saturated heterocycles.